The van der Waals surface area contributed by atoms with Gasteiger partial charge in [-0.2, -0.15) is 0 Å². The van der Waals surface area contributed by atoms with Crippen molar-refractivity contribution in [1.29, 1.82) is 0 Å². The Balaban J connectivity index is 1.70. The van der Waals surface area contributed by atoms with Crippen molar-refractivity contribution >= 4 is 39.6 Å². The maximum atomic E-state index is 11.3. The van der Waals surface area contributed by atoms with Crippen LogP contribution in [0.25, 0.3) is 11.6 Å². The van der Waals surface area contributed by atoms with Crippen LogP contribution in [-0.4, -0.2) is 20.1 Å². The van der Waals surface area contributed by atoms with Crippen LogP contribution in [0.3, 0.4) is 0 Å². The number of para-hydroxylation sites is 1. The minimum atomic E-state index is -0.331. The van der Waals surface area contributed by atoms with Crippen LogP contribution in [-0.2, 0) is 4.79 Å². The SMILES string of the molecule is COc1ccc(C(=Cc2ccc(N(C)c3ccccc3)s2)c2ccc(OC(C)=O)cc2)cc1. The van der Waals surface area contributed by atoms with Crippen molar-refractivity contribution in [3.05, 3.63) is 107 Å². The zero-order valence-corrected chi connectivity index (χ0v) is 19.6. The predicted molar refractivity (Wildman–Crippen MR) is 137 cm³/mol. The average Bonchev–Trinajstić information content (AvgIpc) is 3.32. The Morgan fingerprint density at radius 2 is 1.42 bits per heavy atom. The van der Waals surface area contributed by atoms with E-state index < -0.39 is 0 Å². The molecule has 0 aliphatic rings. The van der Waals surface area contributed by atoms with Gasteiger partial charge in [0.2, 0.25) is 0 Å². The monoisotopic (exact) mass is 455 g/mol. The molecule has 0 radical (unpaired) electrons. The van der Waals surface area contributed by atoms with Gasteiger partial charge in [0.25, 0.3) is 0 Å². The highest BCUT2D eigenvalue weighted by Crippen LogP contribution is 2.35. The van der Waals surface area contributed by atoms with Gasteiger partial charge in [-0.25, -0.2) is 0 Å². The Labute approximate surface area is 198 Å². The van der Waals surface area contributed by atoms with Crippen molar-refractivity contribution in [2.75, 3.05) is 19.1 Å². The number of esters is 1. The summed E-state index contributed by atoms with van der Waals surface area (Å²) < 4.78 is 10.5. The van der Waals surface area contributed by atoms with E-state index in [9.17, 15) is 4.79 Å². The minimum absolute atomic E-state index is 0.331. The Morgan fingerprint density at radius 1 is 0.818 bits per heavy atom. The van der Waals surface area contributed by atoms with Crippen LogP contribution in [0.2, 0.25) is 0 Å². The molecule has 0 aliphatic heterocycles. The maximum Gasteiger partial charge on any atom is 0.308 e. The quantitative estimate of drug-likeness (QED) is 0.221. The normalized spacial score (nSPS) is 11.2. The molecule has 5 heteroatoms. The number of anilines is 2. The summed E-state index contributed by atoms with van der Waals surface area (Å²) >= 11 is 1.73. The van der Waals surface area contributed by atoms with Gasteiger partial charge in [0.05, 0.1) is 12.1 Å². The Hall–Kier alpha value is -3.83. The predicted octanol–water partition coefficient (Wildman–Crippen LogP) is 7.04. The number of hydrogen-bond acceptors (Lipinski definition) is 5. The third kappa shape index (κ3) is 5.51. The number of carbonyl (C=O) groups excluding carboxylic acids is 1. The molecule has 4 aromatic rings. The summed E-state index contributed by atoms with van der Waals surface area (Å²) in [6.07, 6.45) is 2.19. The van der Waals surface area contributed by atoms with Crippen molar-refractivity contribution in [2.24, 2.45) is 0 Å². The Kier molecular flexibility index (Phi) is 6.91. The highest BCUT2D eigenvalue weighted by molar-refractivity contribution is 7.17. The zero-order valence-electron chi connectivity index (χ0n) is 18.8. The van der Waals surface area contributed by atoms with Crippen LogP contribution < -0.4 is 14.4 Å². The molecule has 1 heterocycles. The minimum Gasteiger partial charge on any atom is -0.497 e. The summed E-state index contributed by atoms with van der Waals surface area (Å²) in [6.45, 7) is 1.40. The topological polar surface area (TPSA) is 38.8 Å². The van der Waals surface area contributed by atoms with E-state index >= 15 is 0 Å². The summed E-state index contributed by atoms with van der Waals surface area (Å²) in [5.74, 6) is 1.01. The van der Waals surface area contributed by atoms with Gasteiger partial charge in [0.1, 0.15) is 11.5 Å². The molecule has 1 aromatic heterocycles. The van der Waals surface area contributed by atoms with E-state index in [0.29, 0.717) is 5.75 Å². The van der Waals surface area contributed by atoms with Crippen molar-refractivity contribution in [3.63, 3.8) is 0 Å². The molecule has 0 N–H and O–H groups in total. The fourth-order valence-electron chi connectivity index (χ4n) is 3.49. The summed E-state index contributed by atoms with van der Waals surface area (Å²) in [4.78, 5) is 14.6. The second-order valence-corrected chi connectivity index (χ2v) is 8.57. The molecule has 4 rings (SSSR count). The number of methoxy groups -OCH3 is 1. The highest BCUT2D eigenvalue weighted by atomic mass is 32.1. The third-order valence-corrected chi connectivity index (χ3v) is 6.31. The molecule has 0 bridgehead atoms. The number of rotatable bonds is 7. The van der Waals surface area contributed by atoms with Crippen LogP contribution in [0.1, 0.15) is 22.9 Å². The summed E-state index contributed by atoms with van der Waals surface area (Å²) in [6, 6.07) is 30.2. The van der Waals surface area contributed by atoms with Crippen LogP contribution in [0.4, 0.5) is 10.7 Å². The van der Waals surface area contributed by atoms with Gasteiger partial charge in [-0.1, -0.05) is 42.5 Å². The molecule has 0 atom stereocenters. The lowest BCUT2D eigenvalue weighted by Gasteiger charge is -2.16. The van der Waals surface area contributed by atoms with Crippen molar-refractivity contribution in [1.82, 2.24) is 0 Å². The second-order valence-electron chi connectivity index (χ2n) is 7.48. The largest absolute Gasteiger partial charge is 0.497 e. The van der Waals surface area contributed by atoms with Crippen LogP contribution in [0.5, 0.6) is 11.5 Å². The number of thiophene rings is 1. The molecule has 33 heavy (non-hydrogen) atoms. The number of benzene rings is 3. The van der Waals surface area contributed by atoms with Gasteiger partial charge in [-0.15, -0.1) is 11.3 Å². The van der Waals surface area contributed by atoms with E-state index in [1.807, 2.05) is 54.6 Å². The van der Waals surface area contributed by atoms with E-state index in [1.54, 1.807) is 18.4 Å². The van der Waals surface area contributed by atoms with Gasteiger partial charge in [0.15, 0.2) is 0 Å². The Bertz CT molecular complexity index is 1240. The van der Waals surface area contributed by atoms with Crippen LogP contribution >= 0.6 is 11.3 Å². The zero-order chi connectivity index (χ0) is 23.2. The molecule has 0 unspecified atom stereocenters. The van der Waals surface area contributed by atoms with Crippen LogP contribution in [0.15, 0.2) is 91.0 Å². The summed E-state index contributed by atoms with van der Waals surface area (Å²) in [7, 11) is 3.74. The van der Waals surface area contributed by atoms with Crippen molar-refractivity contribution in [3.8, 4) is 11.5 Å². The van der Waals surface area contributed by atoms with Gasteiger partial charge in [-0.05, 0) is 71.3 Å². The molecule has 0 saturated heterocycles. The molecule has 0 aliphatic carbocycles. The summed E-state index contributed by atoms with van der Waals surface area (Å²) in [5, 5.41) is 1.16. The molecule has 3 aromatic carbocycles. The van der Waals surface area contributed by atoms with Crippen molar-refractivity contribution in [2.45, 2.75) is 6.92 Å². The van der Waals surface area contributed by atoms with Gasteiger partial charge < -0.3 is 14.4 Å². The smallest absolute Gasteiger partial charge is 0.308 e. The first-order valence-electron chi connectivity index (χ1n) is 10.6. The molecule has 4 nitrogen and oxygen atoms in total. The fourth-order valence-corrected chi connectivity index (χ4v) is 4.43. The van der Waals surface area contributed by atoms with Gasteiger partial charge in [0, 0.05) is 24.5 Å². The molecular formula is C28H25NO3S. The average molecular weight is 456 g/mol. The lowest BCUT2D eigenvalue weighted by atomic mass is 9.97. The lowest BCUT2D eigenvalue weighted by molar-refractivity contribution is -0.131. The molecule has 166 valence electrons. The number of nitrogens with zero attached hydrogens (tertiary/aromatic N) is 1. The van der Waals surface area contributed by atoms with Crippen molar-refractivity contribution < 1.29 is 14.3 Å². The number of hydrogen-bond donors (Lipinski definition) is 0. The molecule has 0 amide bonds. The first-order chi connectivity index (χ1) is 16.0. The Morgan fingerprint density at radius 3 is 2.00 bits per heavy atom. The second kappa shape index (κ2) is 10.2. The molecule has 0 fully saturated rings. The first kappa shape index (κ1) is 22.4. The summed E-state index contributed by atoms with van der Waals surface area (Å²) in [5.41, 5.74) is 4.32. The molecular weight excluding hydrogens is 430 g/mol. The van der Waals surface area contributed by atoms with Gasteiger partial charge >= 0.3 is 5.97 Å². The van der Waals surface area contributed by atoms with E-state index in [-0.39, 0.29) is 5.97 Å². The van der Waals surface area contributed by atoms with E-state index in [4.69, 9.17) is 9.47 Å². The van der Waals surface area contributed by atoms with E-state index in [1.165, 1.54) is 6.92 Å². The van der Waals surface area contributed by atoms with Gasteiger partial charge in [-0.3, -0.25) is 4.79 Å². The lowest BCUT2D eigenvalue weighted by Crippen LogP contribution is -2.06. The first-order valence-corrected chi connectivity index (χ1v) is 11.4. The third-order valence-electron chi connectivity index (χ3n) is 5.20. The molecule has 0 spiro atoms. The standard InChI is InChI=1S/C28H25NO3S/c1-20(30)32-25-15-11-22(12-16-25)27(21-9-13-24(31-3)14-10-21)19-26-17-18-28(33-26)29(2)23-7-5-4-6-8-23/h4-19H,1-3H3. The highest BCUT2D eigenvalue weighted by Gasteiger charge is 2.10. The number of ether oxygens (including phenoxy) is 2. The van der Waals surface area contributed by atoms with E-state index in [2.05, 4.69) is 54.4 Å². The fraction of sp³-hybridized carbons (Fsp3) is 0.107. The molecule has 0 saturated carbocycles. The number of carbonyl (C=O) groups is 1. The van der Waals surface area contributed by atoms with E-state index in [0.717, 1.165) is 38.0 Å². The van der Waals surface area contributed by atoms with Crippen LogP contribution in [0, 0.1) is 0 Å². The maximum absolute atomic E-state index is 11.3.